The number of hydrogen-bond donors (Lipinski definition) is 3. The van der Waals surface area contributed by atoms with Crippen LogP contribution in [0.15, 0.2) is 72.8 Å². The van der Waals surface area contributed by atoms with Crippen molar-refractivity contribution in [1.29, 1.82) is 0 Å². The molecule has 1 heterocycles. The maximum absolute atomic E-state index is 12.4. The average Bonchev–Trinajstić information content (AvgIpc) is 3.19. The van der Waals surface area contributed by atoms with Crippen molar-refractivity contribution in [2.75, 3.05) is 5.32 Å². The zero-order valence-corrected chi connectivity index (χ0v) is 17.3. The fraction of sp³-hybridized carbons (Fsp3) is 0.0870. The van der Waals surface area contributed by atoms with Crippen LogP contribution in [0.5, 0.6) is 11.5 Å². The van der Waals surface area contributed by atoms with Gasteiger partial charge in [-0.25, -0.2) is 4.79 Å². The minimum atomic E-state index is -4.78. The van der Waals surface area contributed by atoms with Gasteiger partial charge in [-0.05, 0) is 42.0 Å². The van der Waals surface area contributed by atoms with Gasteiger partial charge < -0.3 is 9.47 Å². The van der Waals surface area contributed by atoms with Crippen molar-refractivity contribution in [2.45, 2.75) is 13.0 Å². The number of fused-ring (bicyclic) bond motifs is 1. The van der Waals surface area contributed by atoms with E-state index in [9.17, 15) is 22.8 Å². The molecular weight excluding hydrogens is 453 g/mol. The number of hydrogen-bond acceptors (Lipinski definition) is 5. The van der Waals surface area contributed by atoms with Gasteiger partial charge in [0, 0.05) is 17.0 Å². The molecule has 0 spiro atoms. The summed E-state index contributed by atoms with van der Waals surface area (Å²) in [7, 11) is 0. The summed E-state index contributed by atoms with van der Waals surface area (Å²) in [6.45, 7) is 0.00378. The molecule has 0 aliphatic heterocycles. The van der Waals surface area contributed by atoms with Gasteiger partial charge in [0.25, 0.3) is 5.91 Å². The number of nitrogens with zero attached hydrogens (tertiary/aromatic N) is 1. The van der Waals surface area contributed by atoms with E-state index in [1.54, 1.807) is 54.6 Å². The van der Waals surface area contributed by atoms with Crippen molar-refractivity contribution in [3.05, 3.63) is 83.9 Å². The number of halogens is 3. The molecule has 3 amide bonds. The summed E-state index contributed by atoms with van der Waals surface area (Å²) in [4.78, 5) is 24.3. The van der Waals surface area contributed by atoms with E-state index in [0.717, 1.165) is 0 Å². The molecule has 0 aliphatic rings. The Bertz CT molecular complexity index is 1320. The minimum Gasteiger partial charge on any atom is -0.489 e. The standard InChI is InChI=1S/C23H17F3N4O4/c24-23(25,26)34-17-8-4-5-14(11-17)13-33-16-9-10-18-19(12-16)29-30-20(18)27-22(32)28-21(31)15-6-2-1-3-7-15/h1-12H,13H2,(H3,27,28,29,30,31,32). The van der Waals surface area contributed by atoms with Crippen molar-refractivity contribution >= 4 is 28.7 Å². The Labute approximate surface area is 190 Å². The smallest absolute Gasteiger partial charge is 0.489 e. The molecule has 0 bridgehead atoms. The van der Waals surface area contributed by atoms with Crippen molar-refractivity contribution in [3.63, 3.8) is 0 Å². The Morgan fingerprint density at radius 3 is 2.50 bits per heavy atom. The molecular formula is C23H17F3N4O4. The van der Waals surface area contributed by atoms with Crippen molar-refractivity contribution in [3.8, 4) is 11.5 Å². The summed E-state index contributed by atoms with van der Waals surface area (Å²) in [5.41, 5.74) is 1.35. The highest BCUT2D eigenvalue weighted by atomic mass is 19.4. The Kier molecular flexibility index (Phi) is 6.35. The van der Waals surface area contributed by atoms with E-state index < -0.39 is 18.3 Å². The second-order valence-corrected chi connectivity index (χ2v) is 7.04. The van der Waals surface area contributed by atoms with E-state index in [1.807, 2.05) is 0 Å². The number of carbonyl (C=O) groups excluding carboxylic acids is 2. The Morgan fingerprint density at radius 2 is 1.74 bits per heavy atom. The summed E-state index contributed by atoms with van der Waals surface area (Å²) >= 11 is 0. The number of aromatic amines is 1. The van der Waals surface area contributed by atoms with Crippen LogP contribution in [0.2, 0.25) is 0 Å². The topological polar surface area (TPSA) is 105 Å². The molecule has 8 nitrogen and oxygen atoms in total. The van der Waals surface area contributed by atoms with E-state index in [2.05, 4.69) is 25.6 Å². The normalized spacial score (nSPS) is 11.1. The van der Waals surface area contributed by atoms with Crippen LogP contribution in [0.4, 0.5) is 23.8 Å². The Morgan fingerprint density at radius 1 is 0.941 bits per heavy atom. The summed E-state index contributed by atoms with van der Waals surface area (Å²) in [5, 5.41) is 12.1. The number of benzene rings is 3. The number of carbonyl (C=O) groups is 2. The van der Waals surface area contributed by atoms with Crippen molar-refractivity contribution < 1.29 is 32.2 Å². The number of anilines is 1. The van der Waals surface area contributed by atoms with Gasteiger partial charge in [0.05, 0.1) is 5.52 Å². The molecule has 11 heteroatoms. The predicted molar refractivity (Wildman–Crippen MR) is 116 cm³/mol. The van der Waals surface area contributed by atoms with Crippen LogP contribution in [-0.4, -0.2) is 28.5 Å². The third-order valence-electron chi connectivity index (χ3n) is 4.57. The van der Waals surface area contributed by atoms with Crippen LogP contribution >= 0.6 is 0 Å². The lowest BCUT2D eigenvalue weighted by molar-refractivity contribution is -0.274. The summed E-state index contributed by atoms with van der Waals surface area (Å²) < 4.78 is 46.7. The molecule has 1 aromatic heterocycles. The van der Waals surface area contributed by atoms with Gasteiger partial charge in [0.15, 0.2) is 5.82 Å². The van der Waals surface area contributed by atoms with E-state index in [-0.39, 0.29) is 18.2 Å². The zero-order valence-electron chi connectivity index (χ0n) is 17.3. The Balaban J connectivity index is 1.38. The van der Waals surface area contributed by atoms with Gasteiger partial charge in [0.2, 0.25) is 0 Å². The monoisotopic (exact) mass is 470 g/mol. The molecule has 0 radical (unpaired) electrons. The first-order chi connectivity index (χ1) is 16.3. The predicted octanol–water partition coefficient (Wildman–Crippen LogP) is 5.00. The van der Waals surface area contributed by atoms with Gasteiger partial charge >= 0.3 is 12.4 Å². The van der Waals surface area contributed by atoms with Crippen LogP contribution in [0.1, 0.15) is 15.9 Å². The number of H-pyrrole nitrogens is 1. The highest BCUT2D eigenvalue weighted by Gasteiger charge is 2.31. The SMILES string of the molecule is O=C(NC(=O)c1ccccc1)Nc1n[nH]c2cc(OCc3cccc(OC(F)(F)F)c3)ccc12. The molecule has 0 fully saturated rings. The van der Waals surface area contributed by atoms with E-state index in [1.165, 1.54) is 18.2 Å². The number of amides is 3. The number of rotatable bonds is 6. The lowest BCUT2D eigenvalue weighted by Gasteiger charge is -2.11. The quantitative estimate of drug-likeness (QED) is 0.368. The van der Waals surface area contributed by atoms with Crippen LogP contribution in [-0.2, 0) is 6.61 Å². The van der Waals surface area contributed by atoms with Gasteiger partial charge in [-0.1, -0.05) is 30.3 Å². The molecule has 0 saturated heterocycles. The lowest BCUT2D eigenvalue weighted by Crippen LogP contribution is -2.34. The summed E-state index contributed by atoms with van der Waals surface area (Å²) in [5.74, 6) is -0.263. The molecule has 34 heavy (non-hydrogen) atoms. The van der Waals surface area contributed by atoms with E-state index in [4.69, 9.17) is 4.74 Å². The van der Waals surface area contributed by atoms with Crippen molar-refractivity contribution in [1.82, 2.24) is 15.5 Å². The third-order valence-corrected chi connectivity index (χ3v) is 4.57. The number of ether oxygens (including phenoxy) is 2. The minimum absolute atomic E-state index is 0.00378. The van der Waals surface area contributed by atoms with Crippen LogP contribution in [0.25, 0.3) is 10.9 Å². The summed E-state index contributed by atoms with van der Waals surface area (Å²) in [6, 6.07) is 17.9. The third kappa shape index (κ3) is 5.82. The fourth-order valence-electron chi connectivity index (χ4n) is 3.09. The zero-order chi connectivity index (χ0) is 24.1. The highest BCUT2D eigenvalue weighted by molar-refractivity contribution is 6.09. The first-order valence-corrected chi connectivity index (χ1v) is 9.90. The molecule has 3 aromatic carbocycles. The number of imide groups is 1. The molecule has 0 atom stereocenters. The molecule has 174 valence electrons. The molecule has 4 aromatic rings. The number of nitrogens with one attached hydrogen (secondary N) is 3. The van der Waals surface area contributed by atoms with E-state index >= 15 is 0 Å². The Hall–Kier alpha value is -4.54. The average molecular weight is 470 g/mol. The summed E-state index contributed by atoms with van der Waals surface area (Å²) in [6.07, 6.45) is -4.78. The second-order valence-electron chi connectivity index (χ2n) is 7.04. The maximum Gasteiger partial charge on any atom is 0.573 e. The largest absolute Gasteiger partial charge is 0.573 e. The number of aromatic nitrogens is 2. The molecule has 0 aliphatic carbocycles. The highest BCUT2D eigenvalue weighted by Crippen LogP contribution is 2.27. The lowest BCUT2D eigenvalue weighted by atomic mass is 10.2. The molecule has 0 unspecified atom stereocenters. The molecule has 4 rings (SSSR count). The first kappa shape index (κ1) is 22.6. The second kappa shape index (κ2) is 9.53. The fourth-order valence-corrected chi connectivity index (χ4v) is 3.09. The van der Waals surface area contributed by atoms with Crippen LogP contribution in [0.3, 0.4) is 0 Å². The van der Waals surface area contributed by atoms with Gasteiger partial charge in [-0.3, -0.25) is 20.5 Å². The number of alkyl halides is 3. The van der Waals surface area contributed by atoms with Crippen LogP contribution < -0.4 is 20.1 Å². The van der Waals surface area contributed by atoms with E-state index in [0.29, 0.717) is 27.8 Å². The molecule has 3 N–H and O–H groups in total. The van der Waals surface area contributed by atoms with Crippen LogP contribution in [0, 0.1) is 0 Å². The first-order valence-electron chi connectivity index (χ1n) is 9.90. The maximum atomic E-state index is 12.4. The van der Waals surface area contributed by atoms with Gasteiger partial charge in [-0.15, -0.1) is 13.2 Å². The number of urea groups is 1. The van der Waals surface area contributed by atoms with Gasteiger partial charge in [0.1, 0.15) is 18.1 Å². The van der Waals surface area contributed by atoms with Crippen molar-refractivity contribution in [2.24, 2.45) is 0 Å². The van der Waals surface area contributed by atoms with Gasteiger partial charge in [-0.2, -0.15) is 5.10 Å². The molecule has 0 saturated carbocycles.